The van der Waals surface area contributed by atoms with Gasteiger partial charge in [-0.3, -0.25) is 9.69 Å². The van der Waals surface area contributed by atoms with Gasteiger partial charge in [0.15, 0.2) is 0 Å². The molecule has 1 saturated heterocycles. The first-order chi connectivity index (χ1) is 16.9. The quantitative estimate of drug-likeness (QED) is 0.571. The van der Waals surface area contributed by atoms with Crippen molar-refractivity contribution in [1.29, 1.82) is 0 Å². The molecule has 196 valence electrons. The summed E-state index contributed by atoms with van der Waals surface area (Å²) in [5.41, 5.74) is 1.13. The standard InChI is InChI=1S/C28H37F2N3O3/c1-19(2)18-24(31-27(35)36-28(3,4)5)26(34)33-16-14-32(15-17-33)25(20-6-10-22(29)11-7-20)21-8-12-23(30)13-9-21/h6-13,19,24-25H,14-18H2,1-5H3,(H,31,35)/t24-/m0/s1. The second-order valence-corrected chi connectivity index (χ2v) is 10.7. The third kappa shape index (κ3) is 7.75. The highest BCUT2D eigenvalue weighted by molar-refractivity contribution is 5.85. The maximum atomic E-state index is 13.6. The van der Waals surface area contributed by atoms with Gasteiger partial charge in [-0.2, -0.15) is 0 Å². The minimum absolute atomic E-state index is 0.130. The summed E-state index contributed by atoms with van der Waals surface area (Å²) in [6.45, 7) is 11.5. The maximum absolute atomic E-state index is 13.6. The number of hydrogen-bond acceptors (Lipinski definition) is 4. The molecule has 36 heavy (non-hydrogen) atoms. The summed E-state index contributed by atoms with van der Waals surface area (Å²) in [5, 5.41) is 2.76. The molecule has 3 rings (SSSR count). The van der Waals surface area contributed by atoms with Crippen molar-refractivity contribution in [2.45, 2.75) is 58.7 Å². The topological polar surface area (TPSA) is 61.9 Å². The Bertz CT molecular complexity index is 966. The van der Waals surface area contributed by atoms with Gasteiger partial charge in [0.25, 0.3) is 0 Å². The van der Waals surface area contributed by atoms with E-state index < -0.39 is 17.7 Å². The molecule has 2 aromatic carbocycles. The van der Waals surface area contributed by atoms with Crippen molar-refractivity contribution in [2.75, 3.05) is 26.2 Å². The highest BCUT2D eigenvalue weighted by Gasteiger charge is 2.33. The van der Waals surface area contributed by atoms with Crippen molar-refractivity contribution in [1.82, 2.24) is 15.1 Å². The molecule has 8 heteroatoms. The number of carbonyl (C=O) groups excluding carboxylic acids is 2. The zero-order valence-electron chi connectivity index (χ0n) is 21.8. The van der Waals surface area contributed by atoms with Gasteiger partial charge in [0.1, 0.15) is 23.3 Å². The minimum atomic E-state index is -0.670. The lowest BCUT2D eigenvalue weighted by Crippen LogP contribution is -2.56. The number of hydrogen-bond donors (Lipinski definition) is 1. The molecule has 0 spiro atoms. The van der Waals surface area contributed by atoms with Crippen molar-refractivity contribution in [3.63, 3.8) is 0 Å². The molecule has 2 amide bonds. The van der Waals surface area contributed by atoms with Crippen molar-refractivity contribution in [2.24, 2.45) is 5.92 Å². The summed E-state index contributed by atoms with van der Waals surface area (Å²) in [5.74, 6) is -0.563. The highest BCUT2D eigenvalue weighted by Crippen LogP contribution is 2.30. The predicted octanol–water partition coefficient (Wildman–Crippen LogP) is 5.14. The third-order valence-electron chi connectivity index (χ3n) is 6.06. The van der Waals surface area contributed by atoms with Gasteiger partial charge < -0.3 is 15.0 Å². The van der Waals surface area contributed by atoms with Gasteiger partial charge in [-0.25, -0.2) is 13.6 Å². The summed E-state index contributed by atoms with van der Waals surface area (Å²) < 4.78 is 32.5. The Labute approximate surface area is 212 Å². The number of nitrogens with zero attached hydrogens (tertiary/aromatic N) is 2. The fourth-order valence-corrected chi connectivity index (χ4v) is 4.47. The van der Waals surface area contributed by atoms with Gasteiger partial charge in [-0.15, -0.1) is 0 Å². The van der Waals surface area contributed by atoms with Crippen LogP contribution in [0.2, 0.25) is 0 Å². The number of rotatable bonds is 7. The third-order valence-corrected chi connectivity index (χ3v) is 6.06. The van der Waals surface area contributed by atoms with E-state index >= 15 is 0 Å². The summed E-state index contributed by atoms with van der Waals surface area (Å²) in [7, 11) is 0. The molecule has 1 atom stereocenters. The normalized spacial score (nSPS) is 15.8. The van der Waals surface area contributed by atoms with Gasteiger partial charge >= 0.3 is 6.09 Å². The highest BCUT2D eigenvalue weighted by atomic mass is 19.1. The van der Waals surface area contributed by atoms with Gasteiger partial charge in [0.2, 0.25) is 5.91 Å². The fourth-order valence-electron chi connectivity index (χ4n) is 4.47. The Morgan fingerprint density at radius 3 is 1.78 bits per heavy atom. The van der Waals surface area contributed by atoms with Crippen LogP contribution in [0.25, 0.3) is 0 Å². The van der Waals surface area contributed by atoms with E-state index in [-0.39, 0.29) is 29.5 Å². The van der Waals surface area contributed by atoms with Gasteiger partial charge in [-0.05, 0) is 68.5 Å². The first-order valence-corrected chi connectivity index (χ1v) is 12.5. The van der Waals surface area contributed by atoms with E-state index in [4.69, 9.17) is 4.74 Å². The molecule has 0 unspecified atom stereocenters. The van der Waals surface area contributed by atoms with Crippen LogP contribution in [0.4, 0.5) is 13.6 Å². The Morgan fingerprint density at radius 1 is 0.889 bits per heavy atom. The molecule has 0 radical (unpaired) electrons. The van der Waals surface area contributed by atoms with Crippen LogP contribution in [0, 0.1) is 17.6 Å². The van der Waals surface area contributed by atoms with Crippen molar-refractivity contribution in [3.05, 3.63) is 71.3 Å². The number of benzene rings is 2. The van der Waals surface area contributed by atoms with Crippen LogP contribution in [0.15, 0.2) is 48.5 Å². The largest absolute Gasteiger partial charge is 0.444 e. The molecule has 1 N–H and O–H groups in total. The Hall–Kier alpha value is -3.00. The second kappa shape index (κ2) is 11.8. The summed E-state index contributed by atoms with van der Waals surface area (Å²) in [6, 6.07) is 11.8. The van der Waals surface area contributed by atoms with Gasteiger partial charge in [0.05, 0.1) is 6.04 Å². The van der Waals surface area contributed by atoms with Crippen LogP contribution in [0.3, 0.4) is 0 Å². The van der Waals surface area contributed by atoms with E-state index in [1.165, 1.54) is 24.3 Å². The zero-order valence-corrected chi connectivity index (χ0v) is 21.8. The molecule has 0 aromatic heterocycles. The molecule has 0 saturated carbocycles. The molecule has 1 aliphatic rings. The van der Waals surface area contributed by atoms with Crippen molar-refractivity contribution < 1.29 is 23.1 Å². The average molecular weight is 502 g/mol. The molecule has 6 nitrogen and oxygen atoms in total. The molecule has 1 fully saturated rings. The van der Waals surface area contributed by atoms with Gasteiger partial charge in [-0.1, -0.05) is 38.1 Å². The van der Waals surface area contributed by atoms with Crippen molar-refractivity contribution >= 4 is 12.0 Å². The Kier molecular flexibility index (Phi) is 9.06. The Morgan fingerprint density at radius 2 is 1.36 bits per heavy atom. The fraction of sp³-hybridized carbons (Fsp3) is 0.500. The van der Waals surface area contributed by atoms with E-state index in [1.54, 1.807) is 49.9 Å². The first kappa shape index (κ1) is 27.6. The minimum Gasteiger partial charge on any atom is -0.444 e. The maximum Gasteiger partial charge on any atom is 0.408 e. The lowest BCUT2D eigenvalue weighted by molar-refractivity contribution is -0.135. The monoisotopic (exact) mass is 501 g/mol. The van der Waals surface area contributed by atoms with E-state index in [2.05, 4.69) is 10.2 Å². The van der Waals surface area contributed by atoms with Crippen LogP contribution in [0.1, 0.15) is 58.2 Å². The molecule has 1 aliphatic heterocycles. The second-order valence-electron chi connectivity index (χ2n) is 10.7. The van der Waals surface area contributed by atoms with Crippen LogP contribution in [-0.4, -0.2) is 59.6 Å². The van der Waals surface area contributed by atoms with E-state index in [0.717, 1.165) is 11.1 Å². The molecule has 1 heterocycles. The number of nitrogens with one attached hydrogen (secondary N) is 1. The van der Waals surface area contributed by atoms with E-state index in [9.17, 15) is 18.4 Å². The molecular formula is C28H37F2N3O3. The Balaban J connectivity index is 1.73. The number of piperazine rings is 1. The summed E-state index contributed by atoms with van der Waals surface area (Å²) >= 11 is 0. The molecule has 0 aliphatic carbocycles. The van der Waals surface area contributed by atoms with Crippen LogP contribution >= 0.6 is 0 Å². The number of alkyl carbamates (subject to hydrolysis) is 1. The first-order valence-electron chi connectivity index (χ1n) is 12.5. The SMILES string of the molecule is CC(C)C[C@H](NC(=O)OC(C)(C)C)C(=O)N1CCN(C(c2ccc(F)cc2)c2ccc(F)cc2)CC1. The molecular weight excluding hydrogens is 464 g/mol. The molecule has 2 aromatic rings. The number of halogens is 2. The lowest BCUT2D eigenvalue weighted by Gasteiger charge is -2.41. The van der Waals surface area contributed by atoms with Crippen molar-refractivity contribution in [3.8, 4) is 0 Å². The van der Waals surface area contributed by atoms with Crippen LogP contribution < -0.4 is 5.32 Å². The summed E-state index contributed by atoms with van der Waals surface area (Å²) in [4.78, 5) is 29.7. The average Bonchev–Trinajstić information content (AvgIpc) is 2.80. The number of amides is 2. The zero-order chi connectivity index (χ0) is 26.5. The number of carbonyl (C=O) groups is 2. The predicted molar refractivity (Wildman–Crippen MR) is 135 cm³/mol. The van der Waals surface area contributed by atoms with E-state index in [0.29, 0.717) is 32.6 Å². The van der Waals surface area contributed by atoms with Crippen LogP contribution in [0.5, 0.6) is 0 Å². The molecule has 0 bridgehead atoms. The van der Waals surface area contributed by atoms with Crippen LogP contribution in [-0.2, 0) is 9.53 Å². The summed E-state index contributed by atoms with van der Waals surface area (Å²) in [6.07, 6.45) is -0.0978. The number of ether oxygens (including phenoxy) is 1. The lowest BCUT2D eigenvalue weighted by atomic mass is 9.96. The smallest absolute Gasteiger partial charge is 0.408 e. The van der Waals surface area contributed by atoms with E-state index in [1.807, 2.05) is 13.8 Å². The van der Waals surface area contributed by atoms with Gasteiger partial charge in [0, 0.05) is 26.2 Å².